The first-order valence-electron chi connectivity index (χ1n) is 10.2. The Bertz CT molecular complexity index is 1070. The monoisotopic (exact) mass is 472 g/mol. The number of rotatable bonds is 7. The third-order valence-electron chi connectivity index (χ3n) is 5.39. The molecule has 0 unspecified atom stereocenters. The lowest BCUT2D eigenvalue weighted by Gasteiger charge is -2.30. The fraction of sp³-hybridized carbons (Fsp3) is 0.348. The summed E-state index contributed by atoms with van der Waals surface area (Å²) in [4.78, 5) is 32.1. The highest BCUT2D eigenvalue weighted by Crippen LogP contribution is 2.33. The van der Waals surface area contributed by atoms with Crippen LogP contribution in [0.4, 0.5) is 0 Å². The molecule has 1 saturated heterocycles. The van der Waals surface area contributed by atoms with Crippen molar-refractivity contribution in [2.75, 3.05) is 27.3 Å². The summed E-state index contributed by atoms with van der Waals surface area (Å²) >= 11 is 2.92. The largest absolute Gasteiger partial charge is 0.493 e. The number of likely N-dealkylation sites (tertiary alicyclic amines) is 1. The first-order chi connectivity index (χ1) is 15.6. The van der Waals surface area contributed by atoms with Crippen LogP contribution in [0.5, 0.6) is 11.5 Å². The molecule has 1 aromatic carbocycles. The molecular formula is C23H24N2O5S2. The minimum Gasteiger partial charge on any atom is -0.493 e. The highest BCUT2D eigenvalue weighted by atomic mass is 32.1. The van der Waals surface area contributed by atoms with Crippen molar-refractivity contribution < 1.29 is 23.8 Å². The van der Waals surface area contributed by atoms with E-state index in [-0.39, 0.29) is 24.4 Å². The predicted octanol–water partition coefficient (Wildman–Crippen LogP) is 4.48. The molecule has 9 heteroatoms. The number of carbonyl (C=O) groups excluding carboxylic acids is 2. The number of piperidine rings is 1. The van der Waals surface area contributed by atoms with Gasteiger partial charge in [-0.1, -0.05) is 6.07 Å². The Kier molecular flexibility index (Phi) is 7.06. The summed E-state index contributed by atoms with van der Waals surface area (Å²) in [5, 5.41) is 4.60. The molecule has 1 amide bonds. The summed E-state index contributed by atoms with van der Waals surface area (Å²) in [6.45, 7) is 1.27. The lowest BCUT2D eigenvalue weighted by Crippen LogP contribution is -2.40. The topological polar surface area (TPSA) is 78.0 Å². The molecular weight excluding hydrogens is 448 g/mol. The van der Waals surface area contributed by atoms with Gasteiger partial charge in [0.2, 0.25) is 0 Å². The zero-order valence-electron chi connectivity index (χ0n) is 17.9. The Morgan fingerprint density at radius 3 is 2.56 bits per heavy atom. The maximum absolute atomic E-state index is 12.5. The molecule has 0 radical (unpaired) electrons. The summed E-state index contributed by atoms with van der Waals surface area (Å²) in [6.07, 6.45) is 1.23. The molecule has 0 N–H and O–H groups in total. The molecule has 2 aromatic heterocycles. The van der Waals surface area contributed by atoms with Crippen molar-refractivity contribution >= 4 is 34.6 Å². The van der Waals surface area contributed by atoms with Crippen LogP contribution in [0.3, 0.4) is 0 Å². The molecule has 0 aliphatic carbocycles. The molecule has 3 heterocycles. The van der Waals surface area contributed by atoms with Crippen molar-refractivity contribution in [2.45, 2.75) is 19.4 Å². The number of methoxy groups -OCH3 is 2. The van der Waals surface area contributed by atoms with Crippen molar-refractivity contribution in [3.8, 4) is 22.1 Å². The number of thiazole rings is 1. The second-order valence-corrected chi connectivity index (χ2v) is 9.17. The van der Waals surface area contributed by atoms with Crippen LogP contribution in [0.2, 0.25) is 0 Å². The van der Waals surface area contributed by atoms with Crippen molar-refractivity contribution in [3.63, 3.8) is 0 Å². The smallest absolute Gasteiger partial charge is 0.309 e. The van der Waals surface area contributed by atoms with Crippen LogP contribution in [-0.2, 0) is 16.1 Å². The zero-order valence-corrected chi connectivity index (χ0v) is 19.5. The summed E-state index contributed by atoms with van der Waals surface area (Å²) in [5.41, 5.74) is 1.62. The summed E-state index contributed by atoms with van der Waals surface area (Å²) < 4.78 is 16.2. The number of hydrogen-bond donors (Lipinski definition) is 0. The van der Waals surface area contributed by atoms with Gasteiger partial charge in [0.05, 0.1) is 30.7 Å². The van der Waals surface area contributed by atoms with E-state index in [1.807, 2.05) is 46.0 Å². The van der Waals surface area contributed by atoms with Gasteiger partial charge in [-0.25, -0.2) is 4.98 Å². The summed E-state index contributed by atoms with van der Waals surface area (Å²) in [6, 6.07) is 9.33. The standard InChI is InChI=1S/C23H24N2O5S2/c1-28-18-6-5-16(12-19(18)29-2)21-24-17(14-32-21)13-30-23(27)15-7-9-25(10-8-15)22(26)20-4-3-11-31-20/h3-6,11-12,14-15H,7-10,13H2,1-2H3. The number of esters is 1. The number of benzene rings is 1. The van der Waals surface area contributed by atoms with E-state index >= 15 is 0 Å². The van der Waals surface area contributed by atoms with Crippen molar-refractivity contribution in [2.24, 2.45) is 5.92 Å². The van der Waals surface area contributed by atoms with E-state index < -0.39 is 0 Å². The molecule has 32 heavy (non-hydrogen) atoms. The third-order valence-corrected chi connectivity index (χ3v) is 7.19. The van der Waals surface area contributed by atoms with Crippen molar-refractivity contribution in [3.05, 3.63) is 51.7 Å². The zero-order chi connectivity index (χ0) is 22.5. The van der Waals surface area contributed by atoms with Crippen LogP contribution in [0.25, 0.3) is 10.6 Å². The van der Waals surface area contributed by atoms with E-state index in [1.165, 1.54) is 22.7 Å². The van der Waals surface area contributed by atoms with Gasteiger partial charge in [0, 0.05) is 24.0 Å². The number of nitrogens with zero attached hydrogens (tertiary/aromatic N) is 2. The van der Waals surface area contributed by atoms with Gasteiger partial charge in [0.15, 0.2) is 11.5 Å². The number of aromatic nitrogens is 1. The van der Waals surface area contributed by atoms with E-state index in [1.54, 1.807) is 14.2 Å². The molecule has 0 saturated carbocycles. The normalized spacial score (nSPS) is 14.2. The second-order valence-electron chi connectivity index (χ2n) is 7.37. The average molecular weight is 473 g/mol. The minimum atomic E-state index is -0.228. The van der Waals surface area contributed by atoms with Crippen LogP contribution in [0.15, 0.2) is 41.1 Å². The summed E-state index contributed by atoms with van der Waals surface area (Å²) in [7, 11) is 3.19. The number of carbonyl (C=O) groups is 2. The maximum atomic E-state index is 12.5. The molecule has 7 nitrogen and oxygen atoms in total. The van der Waals surface area contributed by atoms with E-state index in [0.717, 1.165) is 15.4 Å². The number of hydrogen-bond acceptors (Lipinski definition) is 8. The van der Waals surface area contributed by atoms with Crippen LogP contribution < -0.4 is 9.47 Å². The van der Waals surface area contributed by atoms with Crippen molar-refractivity contribution in [1.29, 1.82) is 0 Å². The average Bonchev–Trinajstić information content (AvgIpc) is 3.54. The van der Waals surface area contributed by atoms with E-state index in [2.05, 4.69) is 4.98 Å². The maximum Gasteiger partial charge on any atom is 0.309 e. The fourth-order valence-electron chi connectivity index (χ4n) is 3.61. The fourth-order valence-corrected chi connectivity index (χ4v) is 5.10. The van der Waals surface area contributed by atoms with Gasteiger partial charge < -0.3 is 19.1 Å². The number of ether oxygens (including phenoxy) is 3. The summed E-state index contributed by atoms with van der Waals surface area (Å²) in [5.74, 6) is 0.916. The Labute approximate surface area is 194 Å². The van der Waals surface area contributed by atoms with Gasteiger partial charge in [-0.3, -0.25) is 9.59 Å². The Hall–Kier alpha value is -2.91. The Morgan fingerprint density at radius 2 is 1.88 bits per heavy atom. The SMILES string of the molecule is COc1ccc(-c2nc(COC(=O)C3CCN(C(=O)c4cccs4)CC3)cs2)cc1OC. The van der Waals surface area contributed by atoms with Crippen molar-refractivity contribution in [1.82, 2.24) is 9.88 Å². The molecule has 168 valence electrons. The molecule has 3 aromatic rings. The number of amides is 1. The molecule has 0 spiro atoms. The first-order valence-corrected chi connectivity index (χ1v) is 12.0. The predicted molar refractivity (Wildman–Crippen MR) is 123 cm³/mol. The first kappa shape index (κ1) is 22.3. The Balaban J connectivity index is 1.29. The van der Waals surface area contributed by atoms with Gasteiger partial charge in [0.1, 0.15) is 11.6 Å². The van der Waals surface area contributed by atoms with E-state index in [0.29, 0.717) is 43.1 Å². The third kappa shape index (κ3) is 4.94. The number of thiophene rings is 1. The van der Waals surface area contributed by atoms with E-state index in [9.17, 15) is 9.59 Å². The lowest BCUT2D eigenvalue weighted by atomic mass is 9.97. The second kappa shape index (κ2) is 10.1. The van der Waals surface area contributed by atoms with Gasteiger partial charge in [0.25, 0.3) is 5.91 Å². The van der Waals surface area contributed by atoms with E-state index in [4.69, 9.17) is 14.2 Å². The van der Waals surface area contributed by atoms with Gasteiger partial charge in [-0.15, -0.1) is 22.7 Å². The molecule has 0 bridgehead atoms. The van der Waals surface area contributed by atoms with Crippen LogP contribution in [-0.4, -0.2) is 49.1 Å². The molecule has 1 fully saturated rings. The highest BCUT2D eigenvalue weighted by Gasteiger charge is 2.29. The van der Waals surface area contributed by atoms with Gasteiger partial charge in [-0.05, 0) is 42.5 Å². The molecule has 1 aliphatic rings. The van der Waals surface area contributed by atoms with Gasteiger partial charge in [-0.2, -0.15) is 0 Å². The molecule has 4 rings (SSSR count). The van der Waals surface area contributed by atoms with Gasteiger partial charge >= 0.3 is 5.97 Å². The Morgan fingerprint density at radius 1 is 1.09 bits per heavy atom. The minimum absolute atomic E-state index is 0.0389. The molecule has 0 atom stereocenters. The van der Waals surface area contributed by atoms with Crippen LogP contribution in [0, 0.1) is 5.92 Å². The van der Waals surface area contributed by atoms with Crippen LogP contribution in [0.1, 0.15) is 28.2 Å². The quantitative estimate of drug-likeness (QED) is 0.472. The highest BCUT2D eigenvalue weighted by molar-refractivity contribution is 7.13. The van der Waals surface area contributed by atoms with Crippen LogP contribution >= 0.6 is 22.7 Å². The molecule has 1 aliphatic heterocycles. The lowest BCUT2D eigenvalue weighted by molar-refractivity contribution is -0.151.